The number of esters is 1. The lowest BCUT2D eigenvalue weighted by Gasteiger charge is -2.12. The molecule has 0 saturated heterocycles. The first-order chi connectivity index (χ1) is 11.1. The zero-order chi connectivity index (χ0) is 16.7. The minimum Gasteiger partial charge on any atom is -0.454 e. The molecule has 1 heterocycles. The SMILES string of the molecule is C/C=C/C=C/C(=O)O[C@@H](C)C(=O)NCc1ccc2c(c1)OCO2. The van der Waals surface area contributed by atoms with Gasteiger partial charge in [-0.1, -0.05) is 24.3 Å². The Kier molecular flexibility index (Phi) is 5.80. The van der Waals surface area contributed by atoms with E-state index >= 15 is 0 Å². The van der Waals surface area contributed by atoms with Gasteiger partial charge in [-0.25, -0.2) is 4.79 Å². The van der Waals surface area contributed by atoms with E-state index in [0.717, 1.165) is 5.56 Å². The van der Waals surface area contributed by atoms with Crippen molar-refractivity contribution in [2.45, 2.75) is 26.5 Å². The van der Waals surface area contributed by atoms with Gasteiger partial charge in [-0.05, 0) is 31.5 Å². The largest absolute Gasteiger partial charge is 0.454 e. The summed E-state index contributed by atoms with van der Waals surface area (Å²) >= 11 is 0. The molecule has 122 valence electrons. The van der Waals surface area contributed by atoms with Gasteiger partial charge in [0.2, 0.25) is 6.79 Å². The van der Waals surface area contributed by atoms with Gasteiger partial charge in [0, 0.05) is 12.6 Å². The highest BCUT2D eigenvalue weighted by atomic mass is 16.7. The van der Waals surface area contributed by atoms with Crippen molar-refractivity contribution >= 4 is 11.9 Å². The van der Waals surface area contributed by atoms with Crippen LogP contribution in [0.15, 0.2) is 42.5 Å². The molecule has 1 amide bonds. The van der Waals surface area contributed by atoms with Gasteiger partial charge in [-0.15, -0.1) is 0 Å². The summed E-state index contributed by atoms with van der Waals surface area (Å²) in [4.78, 5) is 23.4. The van der Waals surface area contributed by atoms with Gasteiger partial charge < -0.3 is 19.5 Å². The van der Waals surface area contributed by atoms with Crippen molar-refractivity contribution in [3.63, 3.8) is 0 Å². The fourth-order valence-electron chi connectivity index (χ4n) is 1.90. The highest BCUT2D eigenvalue weighted by molar-refractivity contribution is 5.87. The van der Waals surface area contributed by atoms with E-state index in [2.05, 4.69) is 5.32 Å². The lowest BCUT2D eigenvalue weighted by Crippen LogP contribution is -2.35. The molecule has 6 heteroatoms. The molecule has 0 unspecified atom stereocenters. The molecule has 1 N–H and O–H groups in total. The van der Waals surface area contributed by atoms with Crippen molar-refractivity contribution in [3.05, 3.63) is 48.1 Å². The molecule has 23 heavy (non-hydrogen) atoms. The average Bonchev–Trinajstić information content (AvgIpc) is 3.00. The molecule has 0 radical (unpaired) electrons. The highest BCUT2D eigenvalue weighted by Crippen LogP contribution is 2.32. The summed E-state index contributed by atoms with van der Waals surface area (Å²) in [5, 5.41) is 2.71. The summed E-state index contributed by atoms with van der Waals surface area (Å²) < 4.78 is 15.5. The standard InChI is InChI=1S/C17H19NO5/c1-3-4-5-6-16(19)23-12(2)17(20)18-10-13-7-8-14-15(9-13)22-11-21-14/h3-9,12H,10-11H2,1-2H3,(H,18,20)/b4-3+,6-5+/t12-/m0/s1. The number of carbonyl (C=O) groups excluding carboxylic acids is 2. The second-order valence-corrected chi connectivity index (χ2v) is 4.87. The second-order valence-electron chi connectivity index (χ2n) is 4.87. The predicted molar refractivity (Wildman–Crippen MR) is 83.9 cm³/mol. The second kappa shape index (κ2) is 8.03. The van der Waals surface area contributed by atoms with Crippen molar-refractivity contribution in [2.24, 2.45) is 0 Å². The molecule has 1 aliphatic heterocycles. The number of benzene rings is 1. The van der Waals surface area contributed by atoms with Gasteiger partial charge >= 0.3 is 5.97 Å². The molecule has 1 aromatic carbocycles. The first-order valence-corrected chi connectivity index (χ1v) is 7.26. The Hall–Kier alpha value is -2.76. The topological polar surface area (TPSA) is 73.9 Å². The van der Waals surface area contributed by atoms with Gasteiger partial charge in [0.05, 0.1) is 0 Å². The lowest BCUT2D eigenvalue weighted by atomic mass is 10.2. The number of carbonyl (C=O) groups is 2. The molecule has 1 aliphatic rings. The van der Waals surface area contributed by atoms with Gasteiger partial charge in [-0.2, -0.15) is 0 Å². The van der Waals surface area contributed by atoms with Crippen molar-refractivity contribution < 1.29 is 23.8 Å². The normalized spacial score (nSPS) is 14.2. The third kappa shape index (κ3) is 4.88. The Morgan fingerprint density at radius 1 is 1.30 bits per heavy atom. The van der Waals surface area contributed by atoms with Crippen LogP contribution in [-0.2, 0) is 20.9 Å². The molecular formula is C17H19NO5. The number of ether oxygens (including phenoxy) is 3. The fourth-order valence-corrected chi connectivity index (χ4v) is 1.90. The summed E-state index contributed by atoms with van der Waals surface area (Å²) in [5.41, 5.74) is 0.870. The minimum absolute atomic E-state index is 0.207. The summed E-state index contributed by atoms with van der Waals surface area (Å²) in [6, 6.07) is 5.43. The first-order valence-electron chi connectivity index (χ1n) is 7.26. The van der Waals surface area contributed by atoms with Crippen molar-refractivity contribution in [1.82, 2.24) is 5.32 Å². The minimum atomic E-state index is -0.869. The molecule has 0 aromatic heterocycles. The van der Waals surface area contributed by atoms with Gasteiger partial charge in [0.25, 0.3) is 5.91 Å². The molecule has 2 rings (SSSR count). The molecular weight excluding hydrogens is 298 g/mol. The summed E-state index contributed by atoms with van der Waals surface area (Å²) in [6.45, 7) is 3.88. The summed E-state index contributed by atoms with van der Waals surface area (Å²) in [5.74, 6) is 0.421. The predicted octanol–water partition coefficient (Wildman–Crippen LogP) is 2.10. The number of hydrogen-bond acceptors (Lipinski definition) is 5. The molecule has 0 saturated carbocycles. The molecule has 0 aliphatic carbocycles. The molecule has 6 nitrogen and oxygen atoms in total. The molecule has 0 bridgehead atoms. The van der Waals surface area contributed by atoms with Crippen molar-refractivity contribution in [2.75, 3.05) is 6.79 Å². The average molecular weight is 317 g/mol. The van der Waals surface area contributed by atoms with E-state index in [4.69, 9.17) is 14.2 Å². The van der Waals surface area contributed by atoms with Crippen LogP contribution in [0.4, 0.5) is 0 Å². The van der Waals surface area contributed by atoms with Crippen molar-refractivity contribution in [1.29, 1.82) is 0 Å². The van der Waals surface area contributed by atoms with E-state index in [1.165, 1.54) is 13.0 Å². The maximum absolute atomic E-state index is 11.9. The fraction of sp³-hybridized carbons (Fsp3) is 0.294. The molecule has 1 atom stereocenters. The van der Waals surface area contributed by atoms with Crippen LogP contribution < -0.4 is 14.8 Å². The van der Waals surface area contributed by atoms with Crippen LogP contribution in [-0.4, -0.2) is 24.8 Å². The number of hydrogen-bond donors (Lipinski definition) is 1. The van der Waals surface area contributed by atoms with Crippen LogP contribution in [0.25, 0.3) is 0 Å². The molecule has 1 aromatic rings. The maximum Gasteiger partial charge on any atom is 0.331 e. The first kappa shape index (κ1) is 16.6. The van der Waals surface area contributed by atoms with Gasteiger partial charge in [0.1, 0.15) is 0 Å². The number of fused-ring (bicyclic) bond motifs is 1. The Labute approximate surface area is 134 Å². The van der Waals surface area contributed by atoms with E-state index in [0.29, 0.717) is 18.0 Å². The zero-order valence-corrected chi connectivity index (χ0v) is 13.1. The monoisotopic (exact) mass is 317 g/mol. The highest BCUT2D eigenvalue weighted by Gasteiger charge is 2.17. The van der Waals surface area contributed by atoms with Crippen LogP contribution >= 0.6 is 0 Å². The van der Waals surface area contributed by atoms with Crippen LogP contribution in [0.1, 0.15) is 19.4 Å². The van der Waals surface area contributed by atoms with Crippen LogP contribution in [0.5, 0.6) is 11.5 Å². The van der Waals surface area contributed by atoms with Crippen LogP contribution in [0.2, 0.25) is 0 Å². The summed E-state index contributed by atoms with van der Waals surface area (Å²) in [6.07, 6.45) is 5.43. The number of amides is 1. The third-order valence-corrected chi connectivity index (χ3v) is 3.10. The van der Waals surface area contributed by atoms with E-state index in [9.17, 15) is 9.59 Å². The third-order valence-electron chi connectivity index (χ3n) is 3.10. The number of allylic oxidation sites excluding steroid dienone is 3. The lowest BCUT2D eigenvalue weighted by molar-refractivity contribution is -0.150. The van der Waals surface area contributed by atoms with Crippen molar-refractivity contribution in [3.8, 4) is 11.5 Å². The van der Waals surface area contributed by atoms with E-state index in [1.54, 1.807) is 30.4 Å². The van der Waals surface area contributed by atoms with E-state index in [-0.39, 0.29) is 12.7 Å². The Balaban J connectivity index is 1.81. The Bertz CT molecular complexity index is 636. The number of rotatable bonds is 6. The van der Waals surface area contributed by atoms with E-state index < -0.39 is 12.1 Å². The zero-order valence-electron chi connectivity index (χ0n) is 13.1. The van der Waals surface area contributed by atoms with Crippen LogP contribution in [0.3, 0.4) is 0 Å². The van der Waals surface area contributed by atoms with Gasteiger partial charge in [-0.3, -0.25) is 4.79 Å². The quantitative estimate of drug-likeness (QED) is 0.494. The summed E-state index contributed by atoms with van der Waals surface area (Å²) in [7, 11) is 0. The molecule has 0 fully saturated rings. The smallest absolute Gasteiger partial charge is 0.331 e. The van der Waals surface area contributed by atoms with Crippen LogP contribution in [0, 0.1) is 0 Å². The molecule has 0 spiro atoms. The maximum atomic E-state index is 11.9. The van der Waals surface area contributed by atoms with E-state index in [1.807, 2.05) is 13.0 Å². The number of nitrogens with one attached hydrogen (secondary N) is 1. The Morgan fingerprint density at radius 3 is 2.87 bits per heavy atom. The van der Waals surface area contributed by atoms with Gasteiger partial charge in [0.15, 0.2) is 17.6 Å². The Morgan fingerprint density at radius 2 is 2.09 bits per heavy atom.